The van der Waals surface area contributed by atoms with Gasteiger partial charge in [0, 0.05) is 43.8 Å². The van der Waals surface area contributed by atoms with E-state index in [9.17, 15) is 4.79 Å². The fourth-order valence-corrected chi connectivity index (χ4v) is 2.96. The molecule has 1 aliphatic rings. The highest BCUT2D eigenvalue weighted by atomic mass is 35.5. The van der Waals surface area contributed by atoms with Gasteiger partial charge in [0.15, 0.2) is 0 Å². The van der Waals surface area contributed by atoms with Crippen LogP contribution in [-0.4, -0.2) is 50.9 Å². The fourth-order valence-electron chi connectivity index (χ4n) is 2.79. The second-order valence-corrected chi connectivity index (χ2v) is 6.65. The molecule has 1 N–H and O–H groups in total. The van der Waals surface area contributed by atoms with Crippen molar-refractivity contribution in [3.8, 4) is 0 Å². The summed E-state index contributed by atoms with van der Waals surface area (Å²) in [5.74, 6) is 0.818. The maximum atomic E-state index is 12.6. The lowest BCUT2D eigenvalue weighted by molar-refractivity contribution is 0.102. The number of amides is 1. The van der Waals surface area contributed by atoms with E-state index in [-0.39, 0.29) is 5.91 Å². The highest BCUT2D eigenvalue weighted by Gasteiger charge is 2.16. The number of hydrogen-bond acceptors (Lipinski definition) is 4. The SMILES string of the molecule is CN1CCN=C1c1ccc(C(=O)Nc2ccc(Cl)cc2N(C)C)cc1. The third-order valence-corrected chi connectivity index (χ3v) is 4.39. The lowest BCUT2D eigenvalue weighted by Crippen LogP contribution is -2.23. The summed E-state index contributed by atoms with van der Waals surface area (Å²) < 4.78 is 0. The van der Waals surface area contributed by atoms with Crippen molar-refractivity contribution in [2.45, 2.75) is 0 Å². The number of hydrogen-bond donors (Lipinski definition) is 1. The molecule has 1 heterocycles. The quantitative estimate of drug-likeness (QED) is 0.913. The Morgan fingerprint density at radius 1 is 1.20 bits per heavy atom. The van der Waals surface area contributed by atoms with Crippen LogP contribution in [-0.2, 0) is 0 Å². The van der Waals surface area contributed by atoms with Crippen molar-refractivity contribution in [1.29, 1.82) is 0 Å². The van der Waals surface area contributed by atoms with Gasteiger partial charge in [-0.1, -0.05) is 23.7 Å². The molecule has 130 valence electrons. The molecule has 0 aromatic heterocycles. The third kappa shape index (κ3) is 3.77. The minimum Gasteiger partial charge on any atom is -0.376 e. The van der Waals surface area contributed by atoms with E-state index in [1.54, 1.807) is 6.07 Å². The second-order valence-electron chi connectivity index (χ2n) is 6.21. The number of benzene rings is 2. The van der Waals surface area contributed by atoms with Crippen molar-refractivity contribution in [3.05, 3.63) is 58.6 Å². The van der Waals surface area contributed by atoms with Crippen molar-refractivity contribution in [1.82, 2.24) is 4.90 Å². The van der Waals surface area contributed by atoms with E-state index < -0.39 is 0 Å². The van der Waals surface area contributed by atoms with E-state index in [0.717, 1.165) is 35.9 Å². The second kappa shape index (κ2) is 7.15. The molecule has 0 aliphatic carbocycles. The Bertz CT molecular complexity index is 815. The molecule has 25 heavy (non-hydrogen) atoms. The molecule has 2 aromatic rings. The van der Waals surface area contributed by atoms with Crippen LogP contribution in [0.5, 0.6) is 0 Å². The zero-order valence-corrected chi connectivity index (χ0v) is 15.3. The van der Waals surface area contributed by atoms with Gasteiger partial charge < -0.3 is 15.1 Å². The van der Waals surface area contributed by atoms with Crippen LogP contribution in [0.1, 0.15) is 15.9 Å². The van der Waals surface area contributed by atoms with Gasteiger partial charge in [0.2, 0.25) is 0 Å². The number of carbonyl (C=O) groups is 1. The minimum atomic E-state index is -0.154. The first-order chi connectivity index (χ1) is 12.0. The van der Waals surface area contributed by atoms with E-state index in [2.05, 4.69) is 15.2 Å². The van der Waals surface area contributed by atoms with Crippen LogP contribution in [0.15, 0.2) is 47.5 Å². The molecule has 0 saturated carbocycles. The lowest BCUT2D eigenvalue weighted by atomic mass is 10.1. The first-order valence-electron chi connectivity index (χ1n) is 8.10. The van der Waals surface area contributed by atoms with Crippen LogP contribution < -0.4 is 10.2 Å². The Morgan fingerprint density at radius 3 is 2.52 bits per heavy atom. The summed E-state index contributed by atoms with van der Waals surface area (Å²) in [5.41, 5.74) is 3.21. The Hall–Kier alpha value is -2.53. The van der Waals surface area contributed by atoms with Crippen molar-refractivity contribution in [2.24, 2.45) is 4.99 Å². The van der Waals surface area contributed by atoms with Crippen LogP contribution in [0.25, 0.3) is 0 Å². The zero-order chi connectivity index (χ0) is 18.0. The fraction of sp³-hybridized carbons (Fsp3) is 0.263. The first kappa shape index (κ1) is 17.3. The van der Waals surface area contributed by atoms with Gasteiger partial charge >= 0.3 is 0 Å². The van der Waals surface area contributed by atoms with Crippen LogP contribution >= 0.6 is 11.6 Å². The predicted octanol–water partition coefficient (Wildman–Crippen LogP) is 3.35. The third-order valence-electron chi connectivity index (χ3n) is 4.15. The molecule has 2 aromatic carbocycles. The van der Waals surface area contributed by atoms with E-state index in [1.165, 1.54) is 0 Å². The van der Waals surface area contributed by atoms with E-state index in [4.69, 9.17) is 11.6 Å². The largest absolute Gasteiger partial charge is 0.376 e. The molecule has 6 heteroatoms. The number of anilines is 2. The van der Waals surface area contributed by atoms with Crippen molar-refractivity contribution in [3.63, 3.8) is 0 Å². The molecule has 0 atom stereocenters. The van der Waals surface area contributed by atoms with Gasteiger partial charge in [0.1, 0.15) is 5.84 Å². The Labute approximate surface area is 152 Å². The summed E-state index contributed by atoms with van der Waals surface area (Å²) in [6.07, 6.45) is 0. The van der Waals surface area contributed by atoms with Crippen LogP contribution in [0.3, 0.4) is 0 Å². The van der Waals surface area contributed by atoms with E-state index in [1.807, 2.05) is 62.4 Å². The normalized spacial score (nSPS) is 13.6. The van der Waals surface area contributed by atoms with Gasteiger partial charge in [-0.05, 0) is 30.3 Å². The summed E-state index contributed by atoms with van der Waals surface area (Å²) in [4.78, 5) is 21.1. The lowest BCUT2D eigenvalue weighted by Gasteiger charge is -2.18. The monoisotopic (exact) mass is 356 g/mol. The number of likely N-dealkylation sites (N-methyl/N-ethyl adjacent to an activating group) is 1. The molecule has 1 amide bonds. The minimum absolute atomic E-state index is 0.154. The Balaban J connectivity index is 1.78. The van der Waals surface area contributed by atoms with Crippen LogP contribution in [0.2, 0.25) is 5.02 Å². The number of amidine groups is 1. The molecule has 0 radical (unpaired) electrons. The van der Waals surface area contributed by atoms with Crippen LogP contribution in [0.4, 0.5) is 11.4 Å². The Kier molecular flexibility index (Phi) is 4.95. The molecule has 0 bridgehead atoms. The van der Waals surface area contributed by atoms with Gasteiger partial charge in [-0.15, -0.1) is 0 Å². The molecule has 1 aliphatic heterocycles. The number of nitrogens with zero attached hydrogens (tertiary/aromatic N) is 3. The molecule has 0 spiro atoms. The van der Waals surface area contributed by atoms with Crippen molar-refractivity contribution < 1.29 is 4.79 Å². The molecule has 0 saturated heterocycles. The summed E-state index contributed by atoms with van der Waals surface area (Å²) >= 11 is 6.05. The summed E-state index contributed by atoms with van der Waals surface area (Å²) in [6.45, 7) is 1.75. The number of carbonyl (C=O) groups excluding carboxylic acids is 1. The van der Waals surface area contributed by atoms with Gasteiger partial charge in [0.05, 0.1) is 17.9 Å². The van der Waals surface area contributed by atoms with Gasteiger partial charge in [-0.3, -0.25) is 9.79 Å². The maximum absolute atomic E-state index is 12.6. The molecular formula is C19H21ClN4O. The molecule has 3 rings (SSSR count). The summed E-state index contributed by atoms with van der Waals surface area (Å²) in [6, 6.07) is 12.9. The zero-order valence-electron chi connectivity index (χ0n) is 14.6. The number of rotatable bonds is 4. The number of halogens is 1. The molecule has 0 fully saturated rings. The predicted molar refractivity (Wildman–Crippen MR) is 104 cm³/mol. The van der Waals surface area contributed by atoms with E-state index >= 15 is 0 Å². The van der Waals surface area contributed by atoms with Gasteiger partial charge in [-0.25, -0.2) is 0 Å². The average Bonchev–Trinajstić information content (AvgIpc) is 3.02. The van der Waals surface area contributed by atoms with Crippen LogP contribution in [0, 0.1) is 0 Å². The van der Waals surface area contributed by atoms with Gasteiger partial charge in [0.25, 0.3) is 5.91 Å². The van der Waals surface area contributed by atoms with Gasteiger partial charge in [-0.2, -0.15) is 0 Å². The topological polar surface area (TPSA) is 47.9 Å². The molecular weight excluding hydrogens is 336 g/mol. The number of nitrogens with one attached hydrogen (secondary N) is 1. The molecule has 5 nitrogen and oxygen atoms in total. The summed E-state index contributed by atoms with van der Waals surface area (Å²) in [7, 11) is 5.85. The maximum Gasteiger partial charge on any atom is 0.255 e. The Morgan fingerprint density at radius 2 is 1.92 bits per heavy atom. The van der Waals surface area contributed by atoms with Crippen molar-refractivity contribution >= 4 is 34.7 Å². The molecule has 0 unspecified atom stereocenters. The highest BCUT2D eigenvalue weighted by molar-refractivity contribution is 6.31. The smallest absolute Gasteiger partial charge is 0.255 e. The standard InChI is InChI=1S/C19H21ClN4O/c1-23(2)17-12-15(20)8-9-16(17)22-19(25)14-6-4-13(5-7-14)18-21-10-11-24(18)3/h4-9,12H,10-11H2,1-3H3,(H,22,25). The average molecular weight is 357 g/mol. The first-order valence-corrected chi connectivity index (χ1v) is 8.48. The number of aliphatic imine (C=N–C) groups is 1. The van der Waals surface area contributed by atoms with E-state index in [0.29, 0.717) is 10.6 Å². The highest BCUT2D eigenvalue weighted by Crippen LogP contribution is 2.28. The summed E-state index contributed by atoms with van der Waals surface area (Å²) in [5, 5.41) is 3.59. The van der Waals surface area contributed by atoms with Crippen molar-refractivity contribution in [2.75, 3.05) is 44.4 Å².